The van der Waals surface area contributed by atoms with Gasteiger partial charge in [0, 0.05) is 11.1 Å². The Morgan fingerprint density at radius 2 is 1.72 bits per heavy atom. The van der Waals surface area contributed by atoms with Gasteiger partial charge in [0.05, 0.1) is 13.2 Å². The summed E-state index contributed by atoms with van der Waals surface area (Å²) in [7, 11) is 1.62. The van der Waals surface area contributed by atoms with Crippen molar-refractivity contribution in [3.8, 4) is 11.5 Å². The minimum atomic E-state index is -0.128. The summed E-state index contributed by atoms with van der Waals surface area (Å²) in [5.74, 6) is 1.36. The summed E-state index contributed by atoms with van der Waals surface area (Å²) in [5.41, 5.74) is 4.87. The van der Waals surface area contributed by atoms with E-state index in [0.717, 1.165) is 16.9 Å². The number of aryl methyl sites for hydroxylation is 2. The van der Waals surface area contributed by atoms with E-state index in [9.17, 15) is 4.79 Å². The van der Waals surface area contributed by atoms with Crippen LogP contribution in [0.3, 0.4) is 0 Å². The molecule has 0 saturated carbocycles. The summed E-state index contributed by atoms with van der Waals surface area (Å²) in [6.07, 6.45) is 0. The van der Waals surface area contributed by atoms with Crippen LogP contribution in [0, 0.1) is 13.8 Å². The Labute approximate surface area is 172 Å². The molecule has 1 atom stereocenters. The van der Waals surface area contributed by atoms with Crippen LogP contribution in [0.25, 0.3) is 0 Å². The normalized spacial score (nSPS) is 11.6. The first kappa shape index (κ1) is 20.5. The summed E-state index contributed by atoms with van der Waals surface area (Å²) in [4.78, 5) is 12.7. The molecule has 0 spiro atoms. The Hall–Kier alpha value is -3.27. The Morgan fingerprint density at radius 1 is 0.966 bits per heavy atom. The quantitative estimate of drug-likeness (QED) is 0.590. The molecule has 0 aliphatic heterocycles. The first-order chi connectivity index (χ1) is 14.0. The maximum absolute atomic E-state index is 12.7. The zero-order chi connectivity index (χ0) is 20.8. The van der Waals surface area contributed by atoms with Crippen LogP contribution in [-0.4, -0.2) is 13.0 Å². The number of hydrogen-bond acceptors (Lipinski definition) is 3. The van der Waals surface area contributed by atoms with Gasteiger partial charge in [-0.05, 0) is 67.8 Å². The smallest absolute Gasteiger partial charge is 0.251 e. The number of amides is 1. The van der Waals surface area contributed by atoms with Gasteiger partial charge < -0.3 is 14.8 Å². The van der Waals surface area contributed by atoms with Crippen molar-refractivity contribution in [2.45, 2.75) is 33.4 Å². The second-order valence-electron chi connectivity index (χ2n) is 7.17. The molecule has 3 aromatic rings. The van der Waals surface area contributed by atoms with Crippen molar-refractivity contribution in [2.75, 3.05) is 7.11 Å². The van der Waals surface area contributed by atoms with Crippen molar-refractivity contribution in [1.29, 1.82) is 0 Å². The fourth-order valence-corrected chi connectivity index (χ4v) is 3.10. The third-order valence-electron chi connectivity index (χ3n) is 5.06. The molecule has 1 N–H and O–H groups in total. The standard InChI is InChI=1S/C25H27NO3/c1-17-10-12-23(14-18(17)2)29-16-22-15-21(11-13-24(22)28-4)25(27)26-19(3)20-8-6-5-7-9-20/h5-15,19H,16H2,1-4H3,(H,26,27)/t19-/m0/s1. The van der Waals surface area contributed by atoms with Crippen LogP contribution in [0.15, 0.2) is 66.7 Å². The molecular formula is C25H27NO3. The fraction of sp³-hybridized carbons (Fsp3) is 0.240. The van der Waals surface area contributed by atoms with Crippen molar-refractivity contribution in [3.05, 3.63) is 94.5 Å². The number of hydrogen-bond donors (Lipinski definition) is 1. The third kappa shape index (κ3) is 5.17. The second kappa shape index (κ2) is 9.28. The highest BCUT2D eigenvalue weighted by Gasteiger charge is 2.14. The molecule has 0 saturated heterocycles. The van der Waals surface area contributed by atoms with Crippen molar-refractivity contribution >= 4 is 5.91 Å². The van der Waals surface area contributed by atoms with Crippen molar-refractivity contribution in [3.63, 3.8) is 0 Å². The summed E-state index contributed by atoms with van der Waals surface area (Å²) < 4.78 is 11.4. The van der Waals surface area contributed by atoms with E-state index in [0.29, 0.717) is 17.9 Å². The highest BCUT2D eigenvalue weighted by atomic mass is 16.5. The van der Waals surface area contributed by atoms with Crippen molar-refractivity contribution in [2.24, 2.45) is 0 Å². The fourth-order valence-electron chi connectivity index (χ4n) is 3.10. The lowest BCUT2D eigenvalue weighted by atomic mass is 10.1. The summed E-state index contributed by atoms with van der Waals surface area (Å²) >= 11 is 0. The van der Waals surface area contributed by atoms with E-state index >= 15 is 0 Å². The molecule has 29 heavy (non-hydrogen) atoms. The molecule has 3 aromatic carbocycles. The molecule has 4 nitrogen and oxygen atoms in total. The van der Waals surface area contributed by atoms with Crippen LogP contribution >= 0.6 is 0 Å². The van der Waals surface area contributed by atoms with Crippen molar-refractivity contribution < 1.29 is 14.3 Å². The molecule has 3 rings (SSSR count). The number of carbonyl (C=O) groups is 1. The second-order valence-corrected chi connectivity index (χ2v) is 7.17. The SMILES string of the molecule is COc1ccc(C(=O)N[C@@H](C)c2ccccc2)cc1COc1ccc(C)c(C)c1. The number of ether oxygens (including phenoxy) is 2. The highest BCUT2D eigenvalue weighted by molar-refractivity contribution is 5.94. The maximum Gasteiger partial charge on any atom is 0.251 e. The Kier molecular flexibility index (Phi) is 6.55. The average molecular weight is 389 g/mol. The molecule has 150 valence electrons. The van der Waals surface area contributed by atoms with Crippen LogP contribution in [0.5, 0.6) is 11.5 Å². The molecule has 0 radical (unpaired) electrons. The number of carbonyl (C=O) groups excluding carboxylic acids is 1. The van der Waals surface area contributed by atoms with Gasteiger partial charge in [0.25, 0.3) is 5.91 Å². The number of rotatable bonds is 7. The molecular weight excluding hydrogens is 362 g/mol. The summed E-state index contributed by atoms with van der Waals surface area (Å²) in [5, 5.41) is 3.04. The third-order valence-corrected chi connectivity index (χ3v) is 5.06. The molecule has 4 heteroatoms. The minimum absolute atomic E-state index is 0.0824. The van der Waals surface area contributed by atoms with Gasteiger partial charge in [0.15, 0.2) is 0 Å². The van der Waals surface area contributed by atoms with Gasteiger partial charge in [0.2, 0.25) is 0 Å². The monoisotopic (exact) mass is 389 g/mol. The number of methoxy groups -OCH3 is 1. The highest BCUT2D eigenvalue weighted by Crippen LogP contribution is 2.24. The summed E-state index contributed by atoms with van der Waals surface area (Å²) in [6.45, 7) is 6.42. The Balaban J connectivity index is 1.73. The number of nitrogens with one attached hydrogen (secondary N) is 1. The van der Waals surface area contributed by atoms with Gasteiger partial charge in [-0.15, -0.1) is 0 Å². The maximum atomic E-state index is 12.7. The van der Waals surface area contributed by atoms with Crippen LogP contribution in [0.1, 0.15) is 45.6 Å². The first-order valence-electron chi connectivity index (χ1n) is 9.70. The predicted molar refractivity (Wildman–Crippen MR) is 116 cm³/mol. The van der Waals surface area contributed by atoms with Gasteiger partial charge in [-0.2, -0.15) is 0 Å². The van der Waals surface area contributed by atoms with Gasteiger partial charge in [-0.3, -0.25) is 4.79 Å². The first-order valence-corrected chi connectivity index (χ1v) is 9.70. The Morgan fingerprint density at radius 3 is 2.41 bits per heavy atom. The zero-order valence-corrected chi connectivity index (χ0v) is 17.4. The van der Waals surface area contributed by atoms with Gasteiger partial charge in [-0.1, -0.05) is 36.4 Å². The van der Waals surface area contributed by atoms with Crippen molar-refractivity contribution in [1.82, 2.24) is 5.32 Å². The van der Waals surface area contributed by atoms with E-state index in [2.05, 4.69) is 19.2 Å². The lowest BCUT2D eigenvalue weighted by molar-refractivity contribution is 0.0939. The molecule has 0 bridgehead atoms. The lowest BCUT2D eigenvalue weighted by Gasteiger charge is -2.16. The van der Waals surface area contributed by atoms with Crippen LogP contribution in [0.4, 0.5) is 0 Å². The van der Waals surface area contributed by atoms with E-state index < -0.39 is 0 Å². The topological polar surface area (TPSA) is 47.6 Å². The van der Waals surface area contributed by atoms with Gasteiger partial charge >= 0.3 is 0 Å². The molecule has 0 aliphatic rings. The van der Waals surface area contributed by atoms with E-state index in [1.165, 1.54) is 11.1 Å². The number of benzene rings is 3. The van der Waals surface area contributed by atoms with Crippen LogP contribution in [-0.2, 0) is 6.61 Å². The minimum Gasteiger partial charge on any atom is -0.496 e. The molecule has 0 unspecified atom stereocenters. The summed E-state index contributed by atoms with van der Waals surface area (Å²) in [6, 6.07) is 21.2. The molecule has 1 amide bonds. The van der Waals surface area contributed by atoms with Crippen LogP contribution in [0.2, 0.25) is 0 Å². The van der Waals surface area contributed by atoms with E-state index in [1.54, 1.807) is 19.2 Å². The predicted octanol–water partition coefficient (Wildman–Crippen LogP) is 5.38. The molecule has 0 heterocycles. The molecule has 0 fully saturated rings. The largest absolute Gasteiger partial charge is 0.496 e. The van der Waals surface area contributed by atoms with E-state index in [1.807, 2.05) is 61.5 Å². The average Bonchev–Trinajstić information content (AvgIpc) is 2.74. The Bertz CT molecular complexity index is 983. The zero-order valence-electron chi connectivity index (χ0n) is 17.4. The van der Waals surface area contributed by atoms with Gasteiger partial charge in [0.1, 0.15) is 18.1 Å². The lowest BCUT2D eigenvalue weighted by Crippen LogP contribution is -2.26. The van der Waals surface area contributed by atoms with E-state index in [4.69, 9.17) is 9.47 Å². The van der Waals surface area contributed by atoms with Gasteiger partial charge in [-0.25, -0.2) is 0 Å². The molecule has 0 aromatic heterocycles. The van der Waals surface area contributed by atoms with E-state index in [-0.39, 0.29) is 11.9 Å². The van der Waals surface area contributed by atoms with Crippen LogP contribution < -0.4 is 14.8 Å². The molecule has 0 aliphatic carbocycles.